The van der Waals surface area contributed by atoms with Crippen LogP contribution in [0.2, 0.25) is 0 Å². The Morgan fingerprint density at radius 2 is 2.12 bits per heavy atom. The molecule has 2 fully saturated rings. The second kappa shape index (κ2) is 5.24. The van der Waals surface area contributed by atoms with E-state index >= 15 is 0 Å². The zero-order chi connectivity index (χ0) is 18.0. The number of rotatable bonds is 3. The molecule has 4 atom stereocenters. The minimum absolute atomic E-state index is 0.0550. The summed E-state index contributed by atoms with van der Waals surface area (Å²) >= 11 is 0. The van der Waals surface area contributed by atoms with Crippen molar-refractivity contribution in [1.82, 2.24) is 9.55 Å². The van der Waals surface area contributed by atoms with Crippen LogP contribution in [0.1, 0.15) is 13.8 Å². The molecule has 0 aromatic carbocycles. The molecule has 4 heterocycles. The molecule has 0 unspecified atom stereocenters. The lowest BCUT2D eigenvalue weighted by molar-refractivity contribution is -0.231. The Kier molecular flexibility index (Phi) is 3.54. The summed E-state index contributed by atoms with van der Waals surface area (Å²) in [4.78, 5) is 15.3. The van der Waals surface area contributed by atoms with E-state index in [1.807, 2.05) is 0 Å². The van der Waals surface area contributed by atoms with Crippen LogP contribution in [0.5, 0.6) is 6.01 Å². The summed E-state index contributed by atoms with van der Waals surface area (Å²) < 4.78 is 52.7. The summed E-state index contributed by atoms with van der Waals surface area (Å²) in [6, 6.07) is 1.41. The first kappa shape index (κ1) is 16.9. The van der Waals surface area contributed by atoms with Gasteiger partial charge in [0.25, 0.3) is 15.7 Å². The molecule has 0 aliphatic carbocycles. The number of hydrogen-bond donors (Lipinski definition) is 0. The Morgan fingerprint density at radius 1 is 1.36 bits per heavy atom. The molecule has 0 bridgehead atoms. The molecule has 1 aromatic heterocycles. The van der Waals surface area contributed by atoms with Crippen molar-refractivity contribution in [3.63, 3.8) is 0 Å². The Bertz CT molecular complexity index is 866. The van der Waals surface area contributed by atoms with Crippen LogP contribution in [-0.4, -0.2) is 61.5 Å². The highest BCUT2D eigenvalue weighted by atomic mass is 32.2. The van der Waals surface area contributed by atoms with Crippen LogP contribution in [0, 0.1) is 0 Å². The normalized spacial score (nSPS) is 35.6. The number of aromatic nitrogens is 2. The third-order valence-corrected chi connectivity index (χ3v) is 4.90. The number of nitrogens with zero attached hydrogens (tertiary/aromatic N) is 2. The molecule has 1 spiro atoms. The summed E-state index contributed by atoms with van der Waals surface area (Å²) in [5.41, 5.74) is -1.54. The first-order chi connectivity index (χ1) is 11.6. The van der Waals surface area contributed by atoms with Gasteiger partial charge in [-0.15, -0.1) is 0 Å². The predicted octanol–water partition coefficient (Wildman–Crippen LogP) is -0.816. The quantitative estimate of drug-likeness (QED) is 0.626. The third-order valence-electron chi connectivity index (χ3n) is 4.34. The number of ether oxygens (including phenoxy) is 4. The van der Waals surface area contributed by atoms with Crippen LogP contribution in [0.3, 0.4) is 0 Å². The minimum atomic E-state index is -3.64. The van der Waals surface area contributed by atoms with Crippen LogP contribution in [-0.2, 0) is 34.2 Å². The fraction of sp³-hybridized carbons (Fsp3) is 0.714. The smallest absolute Gasteiger partial charge is 0.302 e. The van der Waals surface area contributed by atoms with Crippen molar-refractivity contribution in [3.8, 4) is 6.01 Å². The van der Waals surface area contributed by atoms with Gasteiger partial charge in [0.05, 0.1) is 12.9 Å². The van der Waals surface area contributed by atoms with Gasteiger partial charge in [0.1, 0.15) is 24.9 Å². The summed E-state index contributed by atoms with van der Waals surface area (Å²) in [5, 5.41) is 0. The van der Waals surface area contributed by atoms with E-state index < -0.39 is 45.5 Å². The van der Waals surface area contributed by atoms with Gasteiger partial charge in [-0.05, 0) is 13.8 Å². The molecular weight excluding hydrogens is 356 g/mol. The van der Waals surface area contributed by atoms with E-state index in [1.165, 1.54) is 12.3 Å². The number of fused-ring (bicyclic) bond motifs is 4. The lowest BCUT2D eigenvalue weighted by atomic mass is 10.0. The van der Waals surface area contributed by atoms with Gasteiger partial charge in [0.15, 0.2) is 5.79 Å². The first-order valence-corrected chi connectivity index (χ1v) is 9.52. The molecule has 25 heavy (non-hydrogen) atoms. The highest BCUT2D eigenvalue weighted by molar-refractivity contribution is 7.85. The van der Waals surface area contributed by atoms with Crippen molar-refractivity contribution < 1.29 is 31.5 Å². The van der Waals surface area contributed by atoms with Crippen molar-refractivity contribution in [1.29, 1.82) is 0 Å². The molecule has 4 rings (SSSR count). The Labute approximate surface area is 143 Å². The topological polar surface area (TPSA) is 115 Å². The van der Waals surface area contributed by atoms with Crippen LogP contribution < -0.4 is 10.3 Å². The van der Waals surface area contributed by atoms with E-state index in [1.54, 1.807) is 18.4 Å². The standard InChI is InChI=1S/C14H18N2O8S/c1-13(2)23-10-8(6-21-25(3,18)19)22-14(11(10)24-13)7-20-12-15-9(17)4-5-16(12)14/h4-5,8,10-11H,6-7H2,1-3H3/t8-,10-,11-,14-/m1/s1. The molecule has 3 aliphatic heterocycles. The van der Waals surface area contributed by atoms with Gasteiger partial charge in [-0.25, -0.2) is 0 Å². The van der Waals surface area contributed by atoms with E-state index in [0.29, 0.717) is 0 Å². The van der Waals surface area contributed by atoms with Gasteiger partial charge in [0, 0.05) is 12.3 Å². The van der Waals surface area contributed by atoms with E-state index in [9.17, 15) is 13.2 Å². The van der Waals surface area contributed by atoms with E-state index in [2.05, 4.69) is 4.98 Å². The van der Waals surface area contributed by atoms with Gasteiger partial charge in [0.2, 0.25) is 5.72 Å². The maximum absolute atomic E-state index is 11.5. The highest BCUT2D eigenvalue weighted by Crippen LogP contribution is 2.49. The molecule has 0 N–H and O–H groups in total. The Morgan fingerprint density at radius 3 is 2.84 bits per heavy atom. The molecule has 2 saturated heterocycles. The molecule has 0 saturated carbocycles. The number of hydrogen-bond acceptors (Lipinski definition) is 9. The maximum atomic E-state index is 11.5. The second-order valence-corrected chi connectivity index (χ2v) is 8.36. The van der Waals surface area contributed by atoms with Crippen molar-refractivity contribution in [2.24, 2.45) is 0 Å². The van der Waals surface area contributed by atoms with Crippen molar-refractivity contribution in [3.05, 3.63) is 22.6 Å². The van der Waals surface area contributed by atoms with E-state index in [0.717, 1.165) is 6.26 Å². The SMILES string of the molecule is CC1(C)O[C@H]2[C@@H](O1)[C@@]1(COc3nc(=O)ccn31)O[C@@H]2COS(C)(=O)=O. The zero-order valence-electron chi connectivity index (χ0n) is 13.9. The zero-order valence-corrected chi connectivity index (χ0v) is 14.7. The van der Waals surface area contributed by atoms with Gasteiger partial charge in [-0.1, -0.05) is 0 Å². The monoisotopic (exact) mass is 374 g/mol. The molecule has 0 amide bonds. The molecule has 3 aliphatic rings. The van der Waals surface area contributed by atoms with Crippen LogP contribution >= 0.6 is 0 Å². The molecule has 1 aromatic rings. The lowest BCUT2D eigenvalue weighted by Gasteiger charge is -2.31. The molecular formula is C14H18N2O8S. The van der Waals surface area contributed by atoms with Gasteiger partial charge in [-0.2, -0.15) is 13.4 Å². The van der Waals surface area contributed by atoms with Crippen LogP contribution in [0.15, 0.2) is 17.1 Å². The van der Waals surface area contributed by atoms with Crippen LogP contribution in [0.25, 0.3) is 0 Å². The summed E-state index contributed by atoms with van der Waals surface area (Å²) in [5.74, 6) is -0.884. The summed E-state index contributed by atoms with van der Waals surface area (Å²) in [7, 11) is -3.64. The Balaban J connectivity index is 1.71. The van der Waals surface area contributed by atoms with Crippen molar-refractivity contribution >= 4 is 10.1 Å². The van der Waals surface area contributed by atoms with Crippen molar-refractivity contribution in [2.75, 3.05) is 19.5 Å². The van der Waals surface area contributed by atoms with E-state index in [4.69, 9.17) is 23.1 Å². The van der Waals surface area contributed by atoms with E-state index in [-0.39, 0.29) is 19.2 Å². The third kappa shape index (κ3) is 2.75. The van der Waals surface area contributed by atoms with Gasteiger partial charge >= 0.3 is 6.01 Å². The van der Waals surface area contributed by atoms with Crippen LogP contribution in [0.4, 0.5) is 0 Å². The van der Waals surface area contributed by atoms with Crippen molar-refractivity contribution in [2.45, 2.75) is 43.7 Å². The fourth-order valence-electron chi connectivity index (χ4n) is 3.45. The molecule has 0 radical (unpaired) electrons. The average molecular weight is 374 g/mol. The van der Waals surface area contributed by atoms with Gasteiger partial charge < -0.3 is 18.9 Å². The van der Waals surface area contributed by atoms with Gasteiger partial charge in [-0.3, -0.25) is 13.5 Å². The predicted molar refractivity (Wildman–Crippen MR) is 81.5 cm³/mol. The second-order valence-electron chi connectivity index (χ2n) is 6.72. The minimum Gasteiger partial charge on any atom is -0.459 e. The largest absolute Gasteiger partial charge is 0.459 e. The summed E-state index contributed by atoms with van der Waals surface area (Å²) in [6.07, 6.45) is 0.638. The Hall–Kier alpha value is -1.53. The molecule has 11 heteroatoms. The molecule has 10 nitrogen and oxygen atoms in total. The molecule has 138 valence electrons. The highest BCUT2D eigenvalue weighted by Gasteiger charge is 2.66. The lowest BCUT2D eigenvalue weighted by Crippen LogP contribution is -2.46. The fourth-order valence-corrected chi connectivity index (χ4v) is 3.83. The average Bonchev–Trinajstić information content (AvgIpc) is 3.08. The summed E-state index contributed by atoms with van der Waals surface area (Å²) in [6.45, 7) is 3.35. The maximum Gasteiger partial charge on any atom is 0.302 e. The first-order valence-electron chi connectivity index (χ1n) is 7.71.